The number of benzene rings is 1. The maximum absolute atomic E-state index is 12.8. The molecular formula is C18H22N4O2. The topological polar surface area (TPSA) is 58.4 Å². The molecule has 0 unspecified atom stereocenters. The molecule has 1 aromatic heterocycles. The van der Waals surface area contributed by atoms with Crippen LogP contribution in [0.15, 0.2) is 47.3 Å². The van der Waals surface area contributed by atoms with Gasteiger partial charge in [0, 0.05) is 31.7 Å². The minimum Gasteiger partial charge on any atom is -0.332 e. The van der Waals surface area contributed by atoms with Gasteiger partial charge >= 0.3 is 0 Å². The monoisotopic (exact) mass is 326 g/mol. The van der Waals surface area contributed by atoms with Crippen LogP contribution in [0.1, 0.15) is 23.0 Å². The molecule has 0 bridgehead atoms. The zero-order valence-corrected chi connectivity index (χ0v) is 14.1. The van der Waals surface area contributed by atoms with E-state index in [1.807, 2.05) is 42.2 Å². The van der Waals surface area contributed by atoms with Gasteiger partial charge in [0.05, 0.1) is 6.54 Å². The third-order valence-corrected chi connectivity index (χ3v) is 4.35. The fourth-order valence-corrected chi connectivity index (χ4v) is 3.02. The molecule has 0 N–H and O–H groups in total. The van der Waals surface area contributed by atoms with Gasteiger partial charge in [-0.25, -0.2) is 4.68 Å². The molecule has 2 heterocycles. The van der Waals surface area contributed by atoms with Gasteiger partial charge in [-0.3, -0.25) is 9.59 Å². The van der Waals surface area contributed by atoms with Crippen molar-refractivity contribution < 1.29 is 4.79 Å². The van der Waals surface area contributed by atoms with Crippen LogP contribution in [0.3, 0.4) is 0 Å². The number of nitrogens with zero attached hydrogens (tertiary/aromatic N) is 4. The molecule has 0 saturated carbocycles. The van der Waals surface area contributed by atoms with Gasteiger partial charge in [0.1, 0.15) is 5.69 Å². The molecule has 2 aromatic rings. The van der Waals surface area contributed by atoms with Gasteiger partial charge in [0.15, 0.2) is 0 Å². The van der Waals surface area contributed by atoms with Crippen LogP contribution < -0.4 is 5.56 Å². The number of rotatable bonds is 3. The van der Waals surface area contributed by atoms with Crippen LogP contribution in [0.25, 0.3) is 0 Å². The van der Waals surface area contributed by atoms with Gasteiger partial charge in [-0.1, -0.05) is 30.3 Å². The summed E-state index contributed by atoms with van der Waals surface area (Å²) < 4.78 is 1.35. The van der Waals surface area contributed by atoms with Gasteiger partial charge < -0.3 is 9.80 Å². The van der Waals surface area contributed by atoms with Gasteiger partial charge in [-0.15, -0.1) is 0 Å². The van der Waals surface area contributed by atoms with Crippen molar-refractivity contribution in [3.05, 3.63) is 64.1 Å². The summed E-state index contributed by atoms with van der Waals surface area (Å²) in [5.74, 6) is -0.114. The second-order valence-electron chi connectivity index (χ2n) is 6.31. The van der Waals surface area contributed by atoms with Crippen LogP contribution in [-0.2, 0) is 6.54 Å². The molecule has 1 aliphatic rings. The average Bonchev–Trinajstić information content (AvgIpc) is 2.57. The third-order valence-electron chi connectivity index (χ3n) is 4.35. The lowest BCUT2D eigenvalue weighted by Crippen LogP contribution is -2.53. The summed E-state index contributed by atoms with van der Waals surface area (Å²) in [5, 5.41) is 4.30. The smallest absolute Gasteiger partial charge is 0.274 e. The van der Waals surface area contributed by atoms with Crippen molar-refractivity contribution in [2.24, 2.45) is 0 Å². The van der Waals surface area contributed by atoms with Gasteiger partial charge in [0.25, 0.3) is 11.5 Å². The van der Waals surface area contributed by atoms with Gasteiger partial charge in [-0.2, -0.15) is 5.10 Å². The van der Waals surface area contributed by atoms with E-state index >= 15 is 0 Å². The molecular weight excluding hydrogens is 304 g/mol. The summed E-state index contributed by atoms with van der Waals surface area (Å²) in [4.78, 5) is 28.9. The van der Waals surface area contributed by atoms with E-state index in [0.717, 1.165) is 18.7 Å². The number of hydrogen-bond acceptors (Lipinski definition) is 4. The largest absolute Gasteiger partial charge is 0.332 e. The van der Waals surface area contributed by atoms with E-state index in [9.17, 15) is 9.59 Å². The Kier molecular flexibility index (Phi) is 4.76. The van der Waals surface area contributed by atoms with Crippen molar-refractivity contribution in [2.45, 2.75) is 19.5 Å². The first-order valence-corrected chi connectivity index (χ1v) is 8.16. The van der Waals surface area contributed by atoms with E-state index in [1.165, 1.54) is 16.8 Å². The molecule has 3 rings (SSSR count). The van der Waals surface area contributed by atoms with Crippen molar-refractivity contribution >= 4 is 5.91 Å². The van der Waals surface area contributed by atoms with Crippen LogP contribution in [0, 0.1) is 0 Å². The molecule has 0 radical (unpaired) electrons. The SMILES string of the molecule is C[C@H]1CN(C)CCN1C(=O)c1ccc(=O)n(Cc2ccccc2)n1. The minimum atomic E-state index is -0.207. The van der Waals surface area contributed by atoms with E-state index in [4.69, 9.17) is 0 Å². The Morgan fingerprint density at radius 2 is 1.92 bits per heavy atom. The van der Waals surface area contributed by atoms with Gasteiger partial charge in [0.2, 0.25) is 0 Å². The average molecular weight is 326 g/mol. The van der Waals surface area contributed by atoms with E-state index in [2.05, 4.69) is 17.0 Å². The van der Waals surface area contributed by atoms with E-state index in [0.29, 0.717) is 18.8 Å². The summed E-state index contributed by atoms with van der Waals surface area (Å²) >= 11 is 0. The molecule has 1 atom stereocenters. The van der Waals surface area contributed by atoms with Crippen LogP contribution in [0.2, 0.25) is 0 Å². The Labute approximate surface area is 141 Å². The second-order valence-corrected chi connectivity index (χ2v) is 6.31. The first-order valence-electron chi connectivity index (χ1n) is 8.16. The fourth-order valence-electron chi connectivity index (χ4n) is 3.02. The summed E-state index contributed by atoms with van der Waals surface area (Å²) in [6.07, 6.45) is 0. The first-order chi connectivity index (χ1) is 11.5. The third kappa shape index (κ3) is 3.54. The summed E-state index contributed by atoms with van der Waals surface area (Å²) in [5.41, 5.74) is 1.09. The number of amides is 1. The maximum atomic E-state index is 12.8. The highest BCUT2D eigenvalue weighted by Gasteiger charge is 2.27. The fraction of sp³-hybridized carbons (Fsp3) is 0.389. The van der Waals surface area contributed by atoms with Crippen molar-refractivity contribution in [3.63, 3.8) is 0 Å². The lowest BCUT2D eigenvalue weighted by Gasteiger charge is -2.38. The molecule has 1 aliphatic heterocycles. The zero-order chi connectivity index (χ0) is 17.1. The second kappa shape index (κ2) is 6.97. The molecule has 6 nitrogen and oxygen atoms in total. The normalized spacial score (nSPS) is 18.6. The van der Waals surface area contributed by atoms with Crippen LogP contribution in [0.5, 0.6) is 0 Å². The van der Waals surface area contributed by atoms with E-state index < -0.39 is 0 Å². The molecule has 0 aliphatic carbocycles. The zero-order valence-electron chi connectivity index (χ0n) is 14.1. The summed E-state index contributed by atoms with van der Waals surface area (Å²) in [7, 11) is 2.05. The Morgan fingerprint density at radius 1 is 1.17 bits per heavy atom. The molecule has 0 spiro atoms. The Balaban J connectivity index is 1.83. The highest BCUT2D eigenvalue weighted by molar-refractivity contribution is 5.92. The number of aromatic nitrogens is 2. The molecule has 24 heavy (non-hydrogen) atoms. The molecule has 1 amide bonds. The number of carbonyl (C=O) groups excluding carboxylic acids is 1. The lowest BCUT2D eigenvalue weighted by molar-refractivity contribution is 0.0525. The number of hydrogen-bond donors (Lipinski definition) is 0. The molecule has 1 saturated heterocycles. The highest BCUT2D eigenvalue weighted by Crippen LogP contribution is 2.11. The molecule has 1 aromatic carbocycles. The van der Waals surface area contributed by atoms with Crippen LogP contribution >= 0.6 is 0 Å². The van der Waals surface area contributed by atoms with Crippen LogP contribution in [0.4, 0.5) is 0 Å². The number of piperazine rings is 1. The molecule has 1 fully saturated rings. The minimum absolute atomic E-state index is 0.114. The Hall–Kier alpha value is -2.47. The first kappa shape index (κ1) is 16.4. The number of likely N-dealkylation sites (N-methyl/N-ethyl adjacent to an activating group) is 1. The Bertz CT molecular complexity index is 772. The predicted octanol–water partition coefficient (Wildman–Crippen LogP) is 1.07. The Morgan fingerprint density at radius 3 is 2.62 bits per heavy atom. The van der Waals surface area contributed by atoms with Crippen molar-refractivity contribution in [2.75, 3.05) is 26.7 Å². The van der Waals surface area contributed by atoms with E-state index in [1.54, 1.807) is 0 Å². The van der Waals surface area contributed by atoms with E-state index in [-0.39, 0.29) is 17.5 Å². The summed E-state index contributed by atoms with van der Waals surface area (Å²) in [6, 6.07) is 12.7. The standard InChI is InChI=1S/C18H22N4O2/c1-14-12-20(2)10-11-21(14)18(24)16-8-9-17(23)22(19-16)13-15-6-4-3-5-7-15/h3-9,14H,10-13H2,1-2H3/t14-/m0/s1. The predicted molar refractivity (Wildman–Crippen MR) is 92.0 cm³/mol. The van der Waals surface area contributed by atoms with Crippen molar-refractivity contribution in [3.8, 4) is 0 Å². The highest BCUT2D eigenvalue weighted by atomic mass is 16.2. The maximum Gasteiger partial charge on any atom is 0.274 e. The quantitative estimate of drug-likeness (QED) is 0.846. The molecule has 6 heteroatoms. The number of carbonyl (C=O) groups is 1. The van der Waals surface area contributed by atoms with Crippen molar-refractivity contribution in [1.29, 1.82) is 0 Å². The van der Waals surface area contributed by atoms with Crippen LogP contribution in [-0.4, -0.2) is 58.2 Å². The molecule has 126 valence electrons. The van der Waals surface area contributed by atoms with Crippen molar-refractivity contribution in [1.82, 2.24) is 19.6 Å². The summed E-state index contributed by atoms with van der Waals surface area (Å²) in [6.45, 7) is 4.76. The lowest BCUT2D eigenvalue weighted by atomic mass is 10.2. The van der Waals surface area contributed by atoms with Gasteiger partial charge in [-0.05, 0) is 25.6 Å².